The number of amides is 1. The highest BCUT2D eigenvalue weighted by atomic mass is 32.2. The predicted octanol–water partition coefficient (Wildman–Crippen LogP) is 2.03. The minimum Gasteiger partial charge on any atom is -0.331 e. The van der Waals surface area contributed by atoms with E-state index < -0.39 is 0 Å². The van der Waals surface area contributed by atoms with Crippen LogP contribution in [0.4, 0.5) is 0 Å². The van der Waals surface area contributed by atoms with Crippen LogP contribution in [0.25, 0.3) is 0 Å². The molecule has 2 unspecified atom stereocenters. The van der Waals surface area contributed by atoms with E-state index in [-0.39, 0.29) is 11.9 Å². The van der Waals surface area contributed by atoms with Crippen LogP contribution >= 0.6 is 11.8 Å². The quantitative estimate of drug-likeness (QED) is 0.843. The fraction of sp³-hybridized carbons (Fsp3) is 0.579. The van der Waals surface area contributed by atoms with Crippen molar-refractivity contribution >= 4 is 17.7 Å². The van der Waals surface area contributed by atoms with E-state index in [0.717, 1.165) is 50.7 Å². The Morgan fingerprint density at radius 1 is 1.44 bits per heavy atom. The van der Waals surface area contributed by atoms with E-state index in [2.05, 4.69) is 23.2 Å². The maximum Gasteiger partial charge on any atom is 0.240 e. The molecule has 2 aliphatic rings. The number of hydrogen-bond donors (Lipinski definition) is 1. The maximum absolute atomic E-state index is 12.6. The normalized spacial score (nSPS) is 23.2. The molecular formula is C19H26N4OS. The molecule has 3 rings (SSSR count). The lowest BCUT2D eigenvalue weighted by Gasteiger charge is -2.28. The number of thioether (sulfide) groups is 1. The van der Waals surface area contributed by atoms with Gasteiger partial charge in [-0.2, -0.15) is 5.26 Å². The summed E-state index contributed by atoms with van der Waals surface area (Å²) in [4.78, 5) is 17.1. The van der Waals surface area contributed by atoms with E-state index >= 15 is 0 Å². The Morgan fingerprint density at radius 2 is 2.24 bits per heavy atom. The van der Waals surface area contributed by atoms with Crippen LogP contribution in [0.2, 0.25) is 0 Å². The molecule has 0 bridgehead atoms. The van der Waals surface area contributed by atoms with Crippen molar-refractivity contribution in [2.75, 3.05) is 31.3 Å². The average Bonchev–Trinajstić information content (AvgIpc) is 3.33. The topological polar surface area (TPSA) is 59.4 Å². The highest BCUT2D eigenvalue weighted by Crippen LogP contribution is 2.21. The first-order valence-electron chi connectivity index (χ1n) is 9.04. The molecule has 25 heavy (non-hydrogen) atoms. The van der Waals surface area contributed by atoms with Crippen LogP contribution in [0.5, 0.6) is 0 Å². The molecule has 2 atom stereocenters. The summed E-state index contributed by atoms with van der Waals surface area (Å²) in [5.41, 5.74) is 1.92. The van der Waals surface area contributed by atoms with Gasteiger partial charge in [0.1, 0.15) is 0 Å². The van der Waals surface area contributed by atoms with Crippen LogP contribution in [0.1, 0.15) is 30.9 Å². The molecule has 0 saturated carbocycles. The fourth-order valence-electron chi connectivity index (χ4n) is 3.59. The largest absolute Gasteiger partial charge is 0.331 e. The number of hydrogen-bond acceptors (Lipinski definition) is 5. The molecule has 0 aromatic heterocycles. The molecule has 134 valence electrons. The summed E-state index contributed by atoms with van der Waals surface area (Å²) in [6.45, 7) is 5.83. The van der Waals surface area contributed by atoms with E-state index in [1.54, 1.807) is 0 Å². The summed E-state index contributed by atoms with van der Waals surface area (Å²) < 4.78 is 0. The van der Waals surface area contributed by atoms with Crippen LogP contribution < -0.4 is 5.32 Å². The third-order valence-electron chi connectivity index (χ3n) is 4.97. The Morgan fingerprint density at radius 3 is 2.88 bits per heavy atom. The van der Waals surface area contributed by atoms with Gasteiger partial charge in [-0.1, -0.05) is 19.1 Å². The van der Waals surface area contributed by atoms with Crippen molar-refractivity contribution in [2.24, 2.45) is 0 Å². The zero-order chi connectivity index (χ0) is 17.6. The lowest BCUT2D eigenvalue weighted by molar-refractivity contribution is -0.131. The Balaban J connectivity index is 1.60. The molecule has 2 aliphatic heterocycles. The lowest BCUT2D eigenvalue weighted by atomic mass is 10.1. The standard InChI is InChI=1S/C19H26N4OS/c1-2-7-22(13-16-5-3-15(11-20)4-6-16)17-10-18(21-12-17)19(24)23-8-9-25-14-23/h3-6,17-18,21H,2,7-10,12-14H2,1H3. The van der Waals surface area contributed by atoms with Gasteiger partial charge in [0.15, 0.2) is 0 Å². The second-order valence-corrected chi connectivity index (χ2v) is 7.84. The summed E-state index contributed by atoms with van der Waals surface area (Å²) in [7, 11) is 0. The highest BCUT2D eigenvalue weighted by Gasteiger charge is 2.35. The first-order chi connectivity index (χ1) is 12.2. The molecule has 0 radical (unpaired) electrons. The van der Waals surface area contributed by atoms with Gasteiger partial charge >= 0.3 is 0 Å². The van der Waals surface area contributed by atoms with Crippen molar-refractivity contribution in [3.63, 3.8) is 0 Å². The SMILES string of the molecule is CCCN(Cc1ccc(C#N)cc1)C1CNC(C(=O)N2CCSC2)C1. The molecule has 0 aliphatic carbocycles. The van der Waals surface area contributed by atoms with Crippen molar-refractivity contribution in [2.45, 2.75) is 38.4 Å². The van der Waals surface area contributed by atoms with Crippen LogP contribution in [-0.2, 0) is 11.3 Å². The maximum atomic E-state index is 12.6. The van der Waals surface area contributed by atoms with Crippen LogP contribution in [0, 0.1) is 11.3 Å². The number of carbonyl (C=O) groups is 1. The van der Waals surface area contributed by atoms with Gasteiger partial charge in [-0.25, -0.2) is 0 Å². The van der Waals surface area contributed by atoms with E-state index in [0.29, 0.717) is 11.6 Å². The summed E-state index contributed by atoms with van der Waals surface area (Å²) in [5.74, 6) is 2.16. The highest BCUT2D eigenvalue weighted by molar-refractivity contribution is 7.99. The summed E-state index contributed by atoms with van der Waals surface area (Å²) in [6, 6.07) is 10.3. The molecule has 2 saturated heterocycles. The zero-order valence-electron chi connectivity index (χ0n) is 14.8. The molecule has 5 nitrogen and oxygen atoms in total. The molecule has 2 heterocycles. The number of benzene rings is 1. The van der Waals surface area contributed by atoms with Crippen LogP contribution in [0.15, 0.2) is 24.3 Å². The Kier molecular flexibility index (Phi) is 6.35. The van der Waals surface area contributed by atoms with Gasteiger partial charge in [-0.15, -0.1) is 11.8 Å². The number of carbonyl (C=O) groups excluding carboxylic acids is 1. The van der Waals surface area contributed by atoms with Gasteiger partial charge in [0.25, 0.3) is 0 Å². The summed E-state index contributed by atoms with van der Waals surface area (Å²) >= 11 is 1.83. The number of rotatable bonds is 6. The number of nitrogens with one attached hydrogen (secondary N) is 1. The van der Waals surface area contributed by atoms with Gasteiger partial charge in [0.2, 0.25) is 5.91 Å². The minimum absolute atomic E-state index is 0.0379. The second-order valence-electron chi connectivity index (χ2n) is 6.77. The van der Waals surface area contributed by atoms with E-state index in [1.807, 2.05) is 40.9 Å². The molecule has 0 spiro atoms. The summed E-state index contributed by atoms with van der Waals surface area (Å²) in [5, 5.41) is 12.4. The minimum atomic E-state index is -0.0379. The van der Waals surface area contributed by atoms with E-state index in [9.17, 15) is 4.79 Å². The molecule has 1 N–H and O–H groups in total. The van der Waals surface area contributed by atoms with Gasteiger partial charge in [-0.3, -0.25) is 9.69 Å². The van der Waals surface area contributed by atoms with Gasteiger partial charge in [0.05, 0.1) is 23.6 Å². The zero-order valence-corrected chi connectivity index (χ0v) is 15.6. The summed E-state index contributed by atoms with van der Waals surface area (Å²) in [6.07, 6.45) is 1.98. The molecule has 6 heteroatoms. The average molecular weight is 359 g/mol. The smallest absolute Gasteiger partial charge is 0.240 e. The van der Waals surface area contributed by atoms with Gasteiger partial charge in [-0.05, 0) is 37.1 Å². The second kappa shape index (κ2) is 8.70. The number of nitrogens with zero attached hydrogens (tertiary/aromatic N) is 3. The van der Waals surface area contributed by atoms with Crippen molar-refractivity contribution in [3.05, 3.63) is 35.4 Å². The van der Waals surface area contributed by atoms with Crippen molar-refractivity contribution < 1.29 is 4.79 Å². The Labute approximate surface area is 154 Å². The van der Waals surface area contributed by atoms with Crippen LogP contribution in [-0.4, -0.2) is 59.1 Å². The predicted molar refractivity (Wildman–Crippen MR) is 101 cm³/mol. The van der Waals surface area contributed by atoms with E-state index in [4.69, 9.17) is 5.26 Å². The first kappa shape index (κ1) is 18.2. The first-order valence-corrected chi connectivity index (χ1v) is 10.2. The molecule has 1 aromatic carbocycles. The fourth-order valence-corrected chi connectivity index (χ4v) is 4.54. The molecular weight excluding hydrogens is 332 g/mol. The molecule has 1 amide bonds. The van der Waals surface area contributed by atoms with Gasteiger partial charge in [0, 0.05) is 31.4 Å². The molecule has 2 fully saturated rings. The Hall–Kier alpha value is -1.55. The van der Waals surface area contributed by atoms with Crippen LogP contribution in [0.3, 0.4) is 0 Å². The van der Waals surface area contributed by atoms with Crippen molar-refractivity contribution in [3.8, 4) is 6.07 Å². The number of nitriles is 1. The van der Waals surface area contributed by atoms with Crippen molar-refractivity contribution in [1.29, 1.82) is 5.26 Å². The third kappa shape index (κ3) is 4.55. The third-order valence-corrected chi connectivity index (χ3v) is 5.93. The van der Waals surface area contributed by atoms with E-state index in [1.165, 1.54) is 5.56 Å². The monoisotopic (exact) mass is 358 g/mol. The Bertz CT molecular complexity index is 621. The molecule has 1 aromatic rings. The van der Waals surface area contributed by atoms with Gasteiger partial charge < -0.3 is 10.2 Å². The van der Waals surface area contributed by atoms with Crippen molar-refractivity contribution in [1.82, 2.24) is 15.1 Å². The lowest BCUT2D eigenvalue weighted by Crippen LogP contribution is -2.42.